The number of hydrogen-bond acceptors (Lipinski definition) is 3. The number of nitrogens with one attached hydrogen (secondary N) is 1. The molecule has 0 radical (unpaired) electrons. The quantitative estimate of drug-likeness (QED) is 0.870. The molecule has 0 spiro atoms. The number of aryl methyl sites for hydroxylation is 1. The highest BCUT2D eigenvalue weighted by Gasteiger charge is 2.10. The molecule has 18 heavy (non-hydrogen) atoms. The Kier molecular flexibility index (Phi) is 3.14. The molecule has 0 saturated carbocycles. The zero-order chi connectivity index (χ0) is 13.1. The molecule has 2 rings (SSSR count). The van der Waals surface area contributed by atoms with Crippen LogP contribution in [0.15, 0.2) is 41.0 Å². The summed E-state index contributed by atoms with van der Waals surface area (Å²) in [7, 11) is 0. The second-order valence-corrected chi connectivity index (χ2v) is 3.79. The van der Waals surface area contributed by atoms with E-state index in [9.17, 15) is 9.59 Å². The summed E-state index contributed by atoms with van der Waals surface area (Å²) in [4.78, 5) is 22.6. The molecule has 1 amide bonds. The number of carboxylic acids is 1. The summed E-state index contributed by atoms with van der Waals surface area (Å²) in [5.41, 5.74) is 0.947. The fraction of sp³-hybridized carbons (Fsp3) is 0.0769. The Bertz CT molecular complexity index is 601. The Labute approximate surface area is 103 Å². The van der Waals surface area contributed by atoms with Gasteiger partial charge in [-0.1, -0.05) is 6.07 Å². The molecule has 5 heteroatoms. The first-order valence-electron chi connectivity index (χ1n) is 5.26. The average molecular weight is 245 g/mol. The Balaban J connectivity index is 2.16. The second kappa shape index (κ2) is 4.75. The first kappa shape index (κ1) is 11.9. The number of furan rings is 1. The predicted octanol–water partition coefficient (Wildman–Crippen LogP) is 2.54. The number of amides is 1. The van der Waals surface area contributed by atoms with Gasteiger partial charge in [0, 0.05) is 5.69 Å². The van der Waals surface area contributed by atoms with Gasteiger partial charge in [0.2, 0.25) is 0 Å². The van der Waals surface area contributed by atoms with Gasteiger partial charge >= 0.3 is 5.97 Å². The maximum atomic E-state index is 11.8. The van der Waals surface area contributed by atoms with E-state index in [4.69, 9.17) is 9.52 Å². The van der Waals surface area contributed by atoms with Crippen LogP contribution in [0.25, 0.3) is 0 Å². The first-order valence-corrected chi connectivity index (χ1v) is 5.26. The summed E-state index contributed by atoms with van der Waals surface area (Å²) in [6.45, 7) is 1.74. The molecule has 0 aliphatic rings. The van der Waals surface area contributed by atoms with Gasteiger partial charge in [-0.15, -0.1) is 0 Å². The predicted molar refractivity (Wildman–Crippen MR) is 64.8 cm³/mol. The lowest BCUT2D eigenvalue weighted by atomic mass is 10.2. The third-order valence-electron chi connectivity index (χ3n) is 2.36. The fourth-order valence-electron chi connectivity index (χ4n) is 1.50. The van der Waals surface area contributed by atoms with E-state index < -0.39 is 5.97 Å². The van der Waals surface area contributed by atoms with Crippen LogP contribution in [0.4, 0.5) is 5.69 Å². The van der Waals surface area contributed by atoms with Gasteiger partial charge in [0.1, 0.15) is 12.0 Å². The Hall–Kier alpha value is -2.56. The summed E-state index contributed by atoms with van der Waals surface area (Å²) >= 11 is 0. The molecule has 1 aromatic carbocycles. The maximum Gasteiger partial charge on any atom is 0.335 e. The fourth-order valence-corrected chi connectivity index (χ4v) is 1.50. The van der Waals surface area contributed by atoms with E-state index >= 15 is 0 Å². The molecule has 0 fully saturated rings. The van der Waals surface area contributed by atoms with E-state index in [1.165, 1.54) is 18.4 Å². The van der Waals surface area contributed by atoms with Crippen molar-refractivity contribution >= 4 is 17.6 Å². The number of anilines is 1. The van der Waals surface area contributed by atoms with Gasteiger partial charge in [-0.2, -0.15) is 0 Å². The van der Waals surface area contributed by atoms with Crippen molar-refractivity contribution in [3.8, 4) is 0 Å². The van der Waals surface area contributed by atoms with Crippen LogP contribution >= 0.6 is 0 Å². The smallest absolute Gasteiger partial charge is 0.335 e. The number of carbonyl (C=O) groups excluding carboxylic acids is 1. The van der Waals surface area contributed by atoms with Gasteiger partial charge in [0.05, 0.1) is 11.1 Å². The number of hydrogen-bond donors (Lipinski definition) is 2. The molecule has 92 valence electrons. The lowest BCUT2D eigenvalue weighted by Crippen LogP contribution is -2.11. The first-order chi connectivity index (χ1) is 8.56. The summed E-state index contributed by atoms with van der Waals surface area (Å²) in [6, 6.07) is 7.65. The van der Waals surface area contributed by atoms with Crippen molar-refractivity contribution in [2.75, 3.05) is 5.32 Å². The van der Waals surface area contributed by atoms with Crippen LogP contribution < -0.4 is 5.32 Å². The third kappa shape index (κ3) is 2.57. The van der Waals surface area contributed by atoms with Crippen LogP contribution in [0.1, 0.15) is 26.5 Å². The molecule has 2 N–H and O–H groups in total. The number of carbonyl (C=O) groups is 2. The highest BCUT2D eigenvalue weighted by molar-refractivity contribution is 6.04. The molecule has 2 aromatic rings. The molecule has 0 saturated heterocycles. The molecule has 0 unspecified atom stereocenters. The standard InChI is InChI=1S/C13H11NO4/c1-8-5-10(7-18-8)12(15)14-11-4-2-3-9(6-11)13(16)17/h2-7H,1H3,(H,14,15)(H,16,17). The topological polar surface area (TPSA) is 79.5 Å². The highest BCUT2D eigenvalue weighted by Crippen LogP contribution is 2.13. The number of benzene rings is 1. The zero-order valence-corrected chi connectivity index (χ0v) is 9.64. The summed E-state index contributed by atoms with van der Waals surface area (Å²) < 4.78 is 5.03. The van der Waals surface area contributed by atoms with Gasteiger partial charge in [0.25, 0.3) is 5.91 Å². The van der Waals surface area contributed by atoms with E-state index in [2.05, 4.69) is 5.32 Å². The van der Waals surface area contributed by atoms with Crippen molar-refractivity contribution < 1.29 is 19.1 Å². The van der Waals surface area contributed by atoms with Crippen LogP contribution in [-0.2, 0) is 0 Å². The summed E-state index contributed by atoms with van der Waals surface area (Å²) in [5.74, 6) is -0.737. The van der Waals surface area contributed by atoms with Gasteiger partial charge in [-0.05, 0) is 31.2 Å². The summed E-state index contributed by atoms with van der Waals surface area (Å²) in [5, 5.41) is 11.4. The molecular weight excluding hydrogens is 234 g/mol. The van der Waals surface area contributed by atoms with Crippen molar-refractivity contribution in [3.63, 3.8) is 0 Å². The van der Waals surface area contributed by atoms with Gasteiger partial charge < -0.3 is 14.8 Å². The highest BCUT2D eigenvalue weighted by atomic mass is 16.4. The normalized spacial score (nSPS) is 10.1. The van der Waals surface area contributed by atoms with E-state index in [1.807, 2.05) is 0 Å². The minimum Gasteiger partial charge on any atom is -0.478 e. The minimum absolute atomic E-state index is 0.121. The van der Waals surface area contributed by atoms with Crippen LogP contribution in [0, 0.1) is 6.92 Å². The van der Waals surface area contributed by atoms with Gasteiger partial charge in [-0.25, -0.2) is 4.79 Å². The Morgan fingerprint density at radius 2 is 2.00 bits per heavy atom. The van der Waals surface area contributed by atoms with Crippen LogP contribution in [0.2, 0.25) is 0 Å². The van der Waals surface area contributed by atoms with Gasteiger partial charge in [-0.3, -0.25) is 4.79 Å². The molecule has 0 aliphatic heterocycles. The molecule has 0 bridgehead atoms. The molecule has 1 aromatic heterocycles. The second-order valence-electron chi connectivity index (χ2n) is 3.79. The van der Waals surface area contributed by atoms with Gasteiger partial charge in [0.15, 0.2) is 0 Å². The minimum atomic E-state index is -1.04. The van der Waals surface area contributed by atoms with Crippen molar-refractivity contribution in [3.05, 3.63) is 53.5 Å². The number of rotatable bonds is 3. The molecule has 5 nitrogen and oxygen atoms in total. The van der Waals surface area contributed by atoms with Crippen molar-refractivity contribution in [1.82, 2.24) is 0 Å². The van der Waals surface area contributed by atoms with E-state index in [1.54, 1.807) is 25.1 Å². The Morgan fingerprint density at radius 1 is 1.22 bits per heavy atom. The van der Waals surface area contributed by atoms with E-state index in [0.29, 0.717) is 17.0 Å². The monoisotopic (exact) mass is 245 g/mol. The van der Waals surface area contributed by atoms with E-state index in [0.717, 1.165) is 0 Å². The molecule has 1 heterocycles. The number of carboxylic acid groups (broad SMARTS) is 1. The third-order valence-corrected chi connectivity index (χ3v) is 2.36. The largest absolute Gasteiger partial charge is 0.478 e. The van der Waals surface area contributed by atoms with Crippen molar-refractivity contribution in [2.24, 2.45) is 0 Å². The molecule has 0 aliphatic carbocycles. The van der Waals surface area contributed by atoms with E-state index in [-0.39, 0.29) is 11.5 Å². The lowest BCUT2D eigenvalue weighted by Gasteiger charge is -2.04. The zero-order valence-electron chi connectivity index (χ0n) is 9.64. The number of aromatic carboxylic acids is 1. The lowest BCUT2D eigenvalue weighted by molar-refractivity contribution is 0.0696. The summed E-state index contributed by atoms with van der Waals surface area (Å²) in [6.07, 6.45) is 1.35. The van der Waals surface area contributed by atoms with Crippen LogP contribution in [-0.4, -0.2) is 17.0 Å². The maximum absolute atomic E-state index is 11.8. The Morgan fingerprint density at radius 3 is 2.61 bits per heavy atom. The van der Waals surface area contributed by atoms with Crippen LogP contribution in [0.3, 0.4) is 0 Å². The van der Waals surface area contributed by atoms with Crippen molar-refractivity contribution in [2.45, 2.75) is 6.92 Å². The SMILES string of the molecule is Cc1cc(C(=O)Nc2cccc(C(=O)O)c2)co1. The van der Waals surface area contributed by atoms with Crippen molar-refractivity contribution in [1.29, 1.82) is 0 Å². The average Bonchev–Trinajstić information content (AvgIpc) is 2.76. The molecular formula is C13H11NO4. The van der Waals surface area contributed by atoms with Crippen LogP contribution in [0.5, 0.6) is 0 Å². The molecule has 0 atom stereocenters.